The highest BCUT2D eigenvalue weighted by Gasteiger charge is 2.18. The van der Waals surface area contributed by atoms with Gasteiger partial charge in [0.2, 0.25) is 0 Å². The molecule has 0 unspecified atom stereocenters. The lowest BCUT2D eigenvalue weighted by atomic mass is 9.96. The Morgan fingerprint density at radius 1 is 1.24 bits per heavy atom. The van der Waals surface area contributed by atoms with E-state index < -0.39 is 0 Å². The van der Waals surface area contributed by atoms with Crippen LogP contribution >= 0.6 is 0 Å². The largest absolute Gasteiger partial charge is 0.314 e. The second kappa shape index (κ2) is 8.06. The lowest BCUT2D eigenvalue weighted by Crippen LogP contribution is -2.38. The van der Waals surface area contributed by atoms with Crippen LogP contribution in [0.15, 0.2) is 0 Å². The highest BCUT2D eigenvalue weighted by atomic mass is 15.1. The number of piperidine rings is 1. The van der Waals surface area contributed by atoms with Gasteiger partial charge in [-0.15, -0.1) is 0 Å². The average Bonchev–Trinajstić information content (AvgIpc) is 2.25. The van der Waals surface area contributed by atoms with Crippen LogP contribution in [0, 0.1) is 5.92 Å². The van der Waals surface area contributed by atoms with Gasteiger partial charge in [-0.3, -0.25) is 0 Å². The van der Waals surface area contributed by atoms with Crippen LogP contribution in [0.1, 0.15) is 33.1 Å². The predicted molar refractivity (Wildman–Crippen MR) is 75.5 cm³/mol. The maximum absolute atomic E-state index is 3.49. The Hall–Kier alpha value is -0.120. The molecule has 1 rings (SSSR count). The highest BCUT2D eigenvalue weighted by Crippen LogP contribution is 2.17. The summed E-state index contributed by atoms with van der Waals surface area (Å²) in [5.41, 5.74) is 0. The minimum absolute atomic E-state index is 0.626. The van der Waals surface area contributed by atoms with Gasteiger partial charge >= 0.3 is 0 Å². The standard InChI is InChI=1S/C14H31N3/c1-13(2)15-8-5-9-17-10-6-14(7-11-17)12-16(3)4/h13-15H,5-12H2,1-4H3. The number of rotatable bonds is 7. The molecule has 0 radical (unpaired) electrons. The topological polar surface area (TPSA) is 18.5 Å². The summed E-state index contributed by atoms with van der Waals surface area (Å²) in [4.78, 5) is 4.96. The van der Waals surface area contributed by atoms with Gasteiger partial charge in [0.05, 0.1) is 0 Å². The maximum atomic E-state index is 3.49. The summed E-state index contributed by atoms with van der Waals surface area (Å²) < 4.78 is 0. The SMILES string of the molecule is CC(C)NCCCN1CCC(CN(C)C)CC1. The molecule has 1 N–H and O–H groups in total. The predicted octanol–water partition coefficient (Wildman–Crippen LogP) is 1.65. The first kappa shape index (κ1) is 14.9. The van der Waals surface area contributed by atoms with Gasteiger partial charge in [0.1, 0.15) is 0 Å². The zero-order valence-electron chi connectivity index (χ0n) is 12.2. The van der Waals surface area contributed by atoms with E-state index in [9.17, 15) is 0 Å². The molecule has 0 aromatic heterocycles. The monoisotopic (exact) mass is 241 g/mol. The van der Waals surface area contributed by atoms with E-state index in [0.29, 0.717) is 6.04 Å². The van der Waals surface area contributed by atoms with E-state index in [1.807, 2.05) is 0 Å². The molecular formula is C14H31N3. The highest BCUT2D eigenvalue weighted by molar-refractivity contribution is 4.74. The molecule has 3 heteroatoms. The molecule has 3 nitrogen and oxygen atoms in total. The van der Waals surface area contributed by atoms with Gasteiger partial charge < -0.3 is 15.1 Å². The molecule has 1 heterocycles. The van der Waals surface area contributed by atoms with Gasteiger partial charge in [0.25, 0.3) is 0 Å². The zero-order valence-corrected chi connectivity index (χ0v) is 12.2. The van der Waals surface area contributed by atoms with Crippen molar-refractivity contribution in [2.45, 2.75) is 39.2 Å². The molecule has 0 amide bonds. The minimum Gasteiger partial charge on any atom is -0.314 e. The first-order chi connectivity index (χ1) is 8.08. The number of nitrogens with zero attached hydrogens (tertiary/aromatic N) is 2. The molecule has 1 fully saturated rings. The van der Waals surface area contributed by atoms with E-state index in [4.69, 9.17) is 0 Å². The molecule has 17 heavy (non-hydrogen) atoms. The minimum atomic E-state index is 0.626. The Morgan fingerprint density at radius 2 is 1.88 bits per heavy atom. The van der Waals surface area contributed by atoms with Gasteiger partial charge in [-0.2, -0.15) is 0 Å². The molecule has 102 valence electrons. The first-order valence-corrected chi connectivity index (χ1v) is 7.18. The van der Waals surface area contributed by atoms with Crippen molar-refractivity contribution in [1.29, 1.82) is 0 Å². The van der Waals surface area contributed by atoms with Crippen LogP contribution in [0.4, 0.5) is 0 Å². The zero-order chi connectivity index (χ0) is 12.7. The lowest BCUT2D eigenvalue weighted by Gasteiger charge is -2.33. The average molecular weight is 241 g/mol. The normalized spacial score (nSPS) is 19.4. The van der Waals surface area contributed by atoms with E-state index in [2.05, 4.69) is 43.1 Å². The van der Waals surface area contributed by atoms with Crippen molar-refractivity contribution < 1.29 is 0 Å². The third-order valence-corrected chi connectivity index (χ3v) is 3.53. The molecule has 0 aromatic rings. The summed E-state index contributed by atoms with van der Waals surface area (Å²) in [6, 6.07) is 0.626. The maximum Gasteiger partial charge on any atom is 0.00103 e. The number of nitrogens with one attached hydrogen (secondary N) is 1. The number of likely N-dealkylation sites (tertiary alicyclic amines) is 1. The van der Waals surface area contributed by atoms with Crippen molar-refractivity contribution >= 4 is 0 Å². The first-order valence-electron chi connectivity index (χ1n) is 7.18. The number of hydrogen-bond acceptors (Lipinski definition) is 3. The second-order valence-corrected chi connectivity index (χ2v) is 6.01. The van der Waals surface area contributed by atoms with E-state index in [1.165, 1.54) is 45.4 Å². The smallest absolute Gasteiger partial charge is 0.00103 e. The van der Waals surface area contributed by atoms with E-state index in [1.54, 1.807) is 0 Å². The van der Waals surface area contributed by atoms with Crippen LogP contribution in [0.2, 0.25) is 0 Å². The number of hydrogen-bond donors (Lipinski definition) is 1. The molecule has 0 aromatic carbocycles. The molecule has 0 aliphatic carbocycles. The summed E-state index contributed by atoms with van der Waals surface area (Å²) in [6.07, 6.45) is 4.06. The fourth-order valence-corrected chi connectivity index (χ4v) is 2.60. The van der Waals surface area contributed by atoms with Crippen LogP contribution in [0.5, 0.6) is 0 Å². The Morgan fingerprint density at radius 3 is 2.41 bits per heavy atom. The third-order valence-electron chi connectivity index (χ3n) is 3.53. The molecule has 0 atom stereocenters. The molecule has 0 spiro atoms. The molecule has 1 aliphatic heterocycles. The summed E-state index contributed by atoms with van der Waals surface area (Å²) in [5.74, 6) is 0.926. The summed E-state index contributed by atoms with van der Waals surface area (Å²) in [7, 11) is 4.37. The molecular weight excluding hydrogens is 210 g/mol. The van der Waals surface area contributed by atoms with Crippen molar-refractivity contribution in [3.05, 3.63) is 0 Å². The summed E-state index contributed by atoms with van der Waals surface area (Å²) in [6.45, 7) is 10.7. The lowest BCUT2D eigenvalue weighted by molar-refractivity contribution is 0.161. The van der Waals surface area contributed by atoms with Crippen molar-refractivity contribution in [2.24, 2.45) is 5.92 Å². The Kier molecular flexibility index (Phi) is 7.09. The quantitative estimate of drug-likeness (QED) is 0.684. The third kappa shape index (κ3) is 7.02. The van der Waals surface area contributed by atoms with E-state index in [0.717, 1.165) is 12.5 Å². The molecule has 1 aliphatic rings. The Labute approximate surface area is 108 Å². The summed E-state index contributed by atoms with van der Waals surface area (Å²) in [5, 5.41) is 3.49. The Bertz CT molecular complexity index is 181. The van der Waals surface area contributed by atoms with Crippen molar-refractivity contribution in [2.75, 3.05) is 46.8 Å². The fourth-order valence-electron chi connectivity index (χ4n) is 2.60. The van der Waals surface area contributed by atoms with Crippen LogP contribution in [-0.4, -0.2) is 62.7 Å². The van der Waals surface area contributed by atoms with Gasteiger partial charge in [0, 0.05) is 12.6 Å². The van der Waals surface area contributed by atoms with Crippen molar-refractivity contribution in [3.8, 4) is 0 Å². The van der Waals surface area contributed by atoms with Crippen LogP contribution in [0.25, 0.3) is 0 Å². The second-order valence-electron chi connectivity index (χ2n) is 6.01. The van der Waals surface area contributed by atoms with Crippen molar-refractivity contribution in [1.82, 2.24) is 15.1 Å². The van der Waals surface area contributed by atoms with Crippen LogP contribution < -0.4 is 5.32 Å². The van der Waals surface area contributed by atoms with Crippen molar-refractivity contribution in [3.63, 3.8) is 0 Å². The molecule has 1 saturated heterocycles. The van der Waals surface area contributed by atoms with E-state index in [-0.39, 0.29) is 0 Å². The van der Waals surface area contributed by atoms with Gasteiger partial charge in [-0.1, -0.05) is 13.8 Å². The Balaban J connectivity index is 2.03. The van der Waals surface area contributed by atoms with Gasteiger partial charge in [-0.05, 0) is 65.5 Å². The van der Waals surface area contributed by atoms with E-state index >= 15 is 0 Å². The van der Waals surface area contributed by atoms with Gasteiger partial charge in [0.15, 0.2) is 0 Å². The van der Waals surface area contributed by atoms with Crippen LogP contribution in [-0.2, 0) is 0 Å². The van der Waals surface area contributed by atoms with Crippen LogP contribution in [0.3, 0.4) is 0 Å². The molecule has 0 bridgehead atoms. The summed E-state index contributed by atoms with van der Waals surface area (Å²) >= 11 is 0. The fraction of sp³-hybridized carbons (Fsp3) is 1.00. The molecule has 0 saturated carbocycles. The van der Waals surface area contributed by atoms with Gasteiger partial charge in [-0.25, -0.2) is 0 Å².